The van der Waals surface area contributed by atoms with Gasteiger partial charge in [-0.2, -0.15) is 0 Å². The van der Waals surface area contributed by atoms with Crippen LogP contribution < -0.4 is 0 Å². The Morgan fingerprint density at radius 2 is 0.756 bits per heavy atom. The number of allylic oxidation sites excluding steroid dienone is 2. The fourth-order valence-corrected chi connectivity index (χ4v) is 5.30. The van der Waals surface area contributed by atoms with Crippen LogP contribution in [0.15, 0.2) is 12.2 Å². The predicted octanol–water partition coefficient (Wildman–Crippen LogP) is 11.5. The molecule has 6 nitrogen and oxygen atoms in total. The quantitative estimate of drug-likeness (QED) is 0.0303. The Kier molecular flexibility index (Phi) is 33.6. The standard InChI is InChI=1S/C39H72O6/c1-4-7-10-13-16-19-20-21-24-26-29-32-38(41)44-35-36(45-39(42)33-30-27-23-18-15-12-9-6-3)34-43-37(40)31-28-25-22-17-14-11-8-5-2/h13,16,36H,4-12,14-15,17-35H2,1-3H3/b16-13-. The molecule has 0 fully saturated rings. The normalized spacial score (nSPS) is 12.0. The summed E-state index contributed by atoms with van der Waals surface area (Å²) in [5.41, 5.74) is 0. The number of ether oxygens (including phenoxy) is 3. The third kappa shape index (κ3) is 33.3. The van der Waals surface area contributed by atoms with E-state index in [1.54, 1.807) is 0 Å². The molecule has 6 heteroatoms. The molecule has 0 spiro atoms. The van der Waals surface area contributed by atoms with E-state index in [0.717, 1.165) is 64.2 Å². The molecule has 0 rings (SSSR count). The summed E-state index contributed by atoms with van der Waals surface area (Å²) in [5.74, 6) is -0.891. The first-order chi connectivity index (χ1) is 22.0. The minimum atomic E-state index is -0.761. The maximum atomic E-state index is 12.5. The zero-order chi connectivity index (χ0) is 33.1. The van der Waals surface area contributed by atoms with Crippen LogP contribution in [-0.4, -0.2) is 37.2 Å². The molecule has 45 heavy (non-hydrogen) atoms. The average Bonchev–Trinajstić information content (AvgIpc) is 3.03. The van der Waals surface area contributed by atoms with E-state index < -0.39 is 6.10 Å². The zero-order valence-electron chi connectivity index (χ0n) is 29.9. The molecule has 0 heterocycles. The van der Waals surface area contributed by atoms with E-state index in [1.807, 2.05) is 0 Å². The topological polar surface area (TPSA) is 78.9 Å². The molecule has 1 unspecified atom stereocenters. The highest BCUT2D eigenvalue weighted by molar-refractivity contribution is 5.71. The number of hydrogen-bond acceptors (Lipinski definition) is 6. The first kappa shape index (κ1) is 43.1. The van der Waals surface area contributed by atoms with E-state index >= 15 is 0 Å². The van der Waals surface area contributed by atoms with E-state index in [9.17, 15) is 14.4 Å². The van der Waals surface area contributed by atoms with Crippen molar-refractivity contribution in [2.24, 2.45) is 0 Å². The molecule has 0 saturated carbocycles. The second-order valence-corrected chi connectivity index (χ2v) is 12.8. The second kappa shape index (κ2) is 35.0. The molecular weight excluding hydrogens is 564 g/mol. The summed E-state index contributed by atoms with van der Waals surface area (Å²) in [6, 6.07) is 0. The second-order valence-electron chi connectivity index (χ2n) is 12.8. The van der Waals surface area contributed by atoms with Gasteiger partial charge in [0.05, 0.1) is 0 Å². The lowest BCUT2D eigenvalue weighted by atomic mass is 10.1. The lowest BCUT2D eigenvalue weighted by Gasteiger charge is -2.18. The molecule has 1 atom stereocenters. The molecule has 0 N–H and O–H groups in total. The number of carbonyl (C=O) groups is 3. The van der Waals surface area contributed by atoms with Gasteiger partial charge in [0.2, 0.25) is 0 Å². The molecule has 0 saturated heterocycles. The molecule has 0 aliphatic heterocycles. The highest BCUT2D eigenvalue weighted by Gasteiger charge is 2.19. The summed E-state index contributed by atoms with van der Waals surface area (Å²) < 4.78 is 16.5. The third-order valence-electron chi connectivity index (χ3n) is 8.27. The summed E-state index contributed by atoms with van der Waals surface area (Å²) >= 11 is 0. The van der Waals surface area contributed by atoms with Crippen LogP contribution >= 0.6 is 0 Å². The summed E-state index contributed by atoms with van der Waals surface area (Å²) in [7, 11) is 0. The molecule has 0 aromatic heterocycles. The Labute approximate surface area is 278 Å². The Bertz CT molecular complexity index is 704. The van der Waals surface area contributed by atoms with Gasteiger partial charge < -0.3 is 14.2 Å². The van der Waals surface area contributed by atoms with Crippen LogP contribution in [0.5, 0.6) is 0 Å². The van der Waals surface area contributed by atoms with Crippen LogP contribution in [0.25, 0.3) is 0 Å². The van der Waals surface area contributed by atoms with Gasteiger partial charge in [0, 0.05) is 19.3 Å². The van der Waals surface area contributed by atoms with Crippen molar-refractivity contribution in [3.63, 3.8) is 0 Å². The third-order valence-corrected chi connectivity index (χ3v) is 8.27. The van der Waals surface area contributed by atoms with Crippen molar-refractivity contribution in [2.75, 3.05) is 13.2 Å². The minimum Gasteiger partial charge on any atom is -0.462 e. The van der Waals surface area contributed by atoms with Crippen LogP contribution in [-0.2, 0) is 28.6 Å². The first-order valence-corrected chi connectivity index (χ1v) is 19.2. The van der Waals surface area contributed by atoms with Crippen LogP contribution in [0.3, 0.4) is 0 Å². The SMILES string of the molecule is CCCC/C=C\CCCCCCCC(=O)OCC(COC(=O)CCCCCCCCCC)OC(=O)CCCCCCCCCC. The van der Waals surface area contributed by atoms with E-state index in [4.69, 9.17) is 14.2 Å². The van der Waals surface area contributed by atoms with Crippen molar-refractivity contribution >= 4 is 17.9 Å². The molecule has 0 bridgehead atoms. The lowest BCUT2D eigenvalue weighted by molar-refractivity contribution is -0.167. The van der Waals surface area contributed by atoms with Gasteiger partial charge in [-0.1, -0.05) is 155 Å². The Hall–Kier alpha value is -1.85. The molecule has 0 aliphatic carbocycles. The molecule has 0 amide bonds. The van der Waals surface area contributed by atoms with Crippen molar-refractivity contribution in [2.45, 2.75) is 207 Å². The van der Waals surface area contributed by atoms with Crippen molar-refractivity contribution < 1.29 is 28.6 Å². The van der Waals surface area contributed by atoms with Crippen LogP contribution in [0.4, 0.5) is 0 Å². The smallest absolute Gasteiger partial charge is 0.306 e. The molecule has 0 aliphatic rings. The number of carbonyl (C=O) groups excluding carboxylic acids is 3. The van der Waals surface area contributed by atoms with Gasteiger partial charge in [-0.25, -0.2) is 0 Å². The van der Waals surface area contributed by atoms with Gasteiger partial charge in [0.25, 0.3) is 0 Å². The Morgan fingerprint density at radius 1 is 0.422 bits per heavy atom. The molecule has 264 valence electrons. The molecule has 0 aromatic carbocycles. The van der Waals surface area contributed by atoms with Crippen molar-refractivity contribution in [1.29, 1.82) is 0 Å². The Morgan fingerprint density at radius 3 is 1.18 bits per heavy atom. The van der Waals surface area contributed by atoms with Gasteiger partial charge >= 0.3 is 17.9 Å². The van der Waals surface area contributed by atoms with E-state index in [2.05, 4.69) is 32.9 Å². The van der Waals surface area contributed by atoms with E-state index in [-0.39, 0.29) is 31.1 Å². The fraction of sp³-hybridized carbons (Fsp3) is 0.872. The van der Waals surface area contributed by atoms with Crippen molar-refractivity contribution in [1.82, 2.24) is 0 Å². The maximum absolute atomic E-state index is 12.5. The van der Waals surface area contributed by atoms with Gasteiger partial charge in [-0.05, 0) is 38.5 Å². The minimum absolute atomic E-state index is 0.0702. The Balaban J connectivity index is 4.35. The zero-order valence-corrected chi connectivity index (χ0v) is 29.9. The monoisotopic (exact) mass is 637 g/mol. The van der Waals surface area contributed by atoms with Gasteiger partial charge in [0.15, 0.2) is 6.10 Å². The average molecular weight is 637 g/mol. The largest absolute Gasteiger partial charge is 0.462 e. The van der Waals surface area contributed by atoms with Crippen molar-refractivity contribution in [3.05, 3.63) is 12.2 Å². The van der Waals surface area contributed by atoms with E-state index in [0.29, 0.717) is 19.3 Å². The molecule has 0 radical (unpaired) electrons. The predicted molar refractivity (Wildman–Crippen MR) is 187 cm³/mol. The van der Waals surface area contributed by atoms with Crippen LogP contribution in [0, 0.1) is 0 Å². The van der Waals surface area contributed by atoms with E-state index in [1.165, 1.54) is 96.3 Å². The number of rotatable bonds is 34. The summed E-state index contributed by atoms with van der Waals surface area (Å²) in [4.78, 5) is 37.2. The molecule has 0 aromatic rings. The maximum Gasteiger partial charge on any atom is 0.306 e. The van der Waals surface area contributed by atoms with Crippen molar-refractivity contribution in [3.8, 4) is 0 Å². The number of unbranched alkanes of at least 4 members (excludes halogenated alkanes) is 21. The van der Waals surface area contributed by atoms with Crippen LogP contribution in [0.1, 0.15) is 201 Å². The first-order valence-electron chi connectivity index (χ1n) is 19.2. The van der Waals surface area contributed by atoms with Gasteiger partial charge in [-0.3, -0.25) is 14.4 Å². The summed E-state index contributed by atoms with van der Waals surface area (Å²) in [6.45, 7) is 6.51. The highest BCUT2D eigenvalue weighted by Crippen LogP contribution is 2.13. The van der Waals surface area contributed by atoms with Crippen LogP contribution in [0.2, 0.25) is 0 Å². The fourth-order valence-electron chi connectivity index (χ4n) is 5.30. The lowest BCUT2D eigenvalue weighted by Crippen LogP contribution is -2.30. The van der Waals surface area contributed by atoms with Gasteiger partial charge in [-0.15, -0.1) is 0 Å². The number of esters is 3. The summed E-state index contributed by atoms with van der Waals surface area (Å²) in [5, 5.41) is 0. The van der Waals surface area contributed by atoms with Gasteiger partial charge in [0.1, 0.15) is 13.2 Å². The highest BCUT2D eigenvalue weighted by atomic mass is 16.6. The summed E-state index contributed by atoms with van der Waals surface area (Å²) in [6.07, 6.45) is 33.5. The number of hydrogen-bond donors (Lipinski definition) is 0. The molecular formula is C39H72O6.